The molecular weight excluding hydrogens is 252 g/mol. The molecule has 0 bridgehead atoms. The predicted molar refractivity (Wildman–Crippen MR) is 67.7 cm³/mol. The molecular formula is C13H11F2N3O. The van der Waals surface area contributed by atoms with Gasteiger partial charge in [-0.3, -0.25) is 4.79 Å². The molecule has 0 saturated carbocycles. The van der Waals surface area contributed by atoms with Crippen LogP contribution < -0.4 is 11.1 Å². The number of carbonyl (C=O) groups is 1. The number of pyridine rings is 1. The minimum Gasteiger partial charge on any atom is -0.384 e. The van der Waals surface area contributed by atoms with E-state index in [0.717, 1.165) is 12.1 Å². The van der Waals surface area contributed by atoms with E-state index in [0.29, 0.717) is 0 Å². The van der Waals surface area contributed by atoms with Crippen molar-refractivity contribution in [2.75, 3.05) is 11.1 Å². The molecule has 6 heteroatoms. The first-order valence-corrected chi connectivity index (χ1v) is 5.46. The van der Waals surface area contributed by atoms with Crippen LogP contribution in [0, 0.1) is 18.6 Å². The lowest BCUT2D eigenvalue weighted by atomic mass is 10.2. The monoisotopic (exact) mass is 263 g/mol. The van der Waals surface area contributed by atoms with E-state index in [1.54, 1.807) is 0 Å². The summed E-state index contributed by atoms with van der Waals surface area (Å²) in [5.41, 5.74) is 5.61. The molecule has 1 aromatic heterocycles. The third kappa shape index (κ3) is 2.85. The highest BCUT2D eigenvalue weighted by Gasteiger charge is 2.12. The van der Waals surface area contributed by atoms with Gasteiger partial charge in [-0.25, -0.2) is 13.8 Å². The van der Waals surface area contributed by atoms with Crippen molar-refractivity contribution in [3.05, 3.63) is 53.2 Å². The van der Waals surface area contributed by atoms with Crippen LogP contribution in [-0.4, -0.2) is 10.9 Å². The molecule has 0 unspecified atom stereocenters. The zero-order chi connectivity index (χ0) is 14.0. The van der Waals surface area contributed by atoms with E-state index in [1.165, 1.54) is 25.3 Å². The van der Waals surface area contributed by atoms with E-state index < -0.39 is 17.5 Å². The lowest BCUT2D eigenvalue weighted by Crippen LogP contribution is -2.14. The quantitative estimate of drug-likeness (QED) is 0.874. The van der Waals surface area contributed by atoms with Crippen LogP contribution in [-0.2, 0) is 0 Å². The van der Waals surface area contributed by atoms with Gasteiger partial charge in [-0.15, -0.1) is 0 Å². The van der Waals surface area contributed by atoms with Gasteiger partial charge < -0.3 is 11.1 Å². The van der Waals surface area contributed by atoms with Gasteiger partial charge in [0.1, 0.15) is 17.5 Å². The third-order valence-electron chi connectivity index (χ3n) is 2.54. The summed E-state index contributed by atoms with van der Waals surface area (Å²) in [6, 6.07) is 4.73. The molecule has 1 heterocycles. The van der Waals surface area contributed by atoms with Crippen LogP contribution >= 0.6 is 0 Å². The average molecular weight is 263 g/mol. The Balaban J connectivity index is 2.27. The Labute approximate surface area is 108 Å². The molecule has 98 valence electrons. The average Bonchev–Trinajstić information content (AvgIpc) is 2.36. The molecule has 0 aliphatic heterocycles. The summed E-state index contributed by atoms with van der Waals surface area (Å²) in [5.74, 6) is -1.71. The molecule has 0 atom stereocenters. The zero-order valence-corrected chi connectivity index (χ0v) is 10.1. The number of carbonyl (C=O) groups excluding carboxylic acids is 1. The fourth-order valence-corrected chi connectivity index (χ4v) is 1.53. The first-order valence-electron chi connectivity index (χ1n) is 5.46. The van der Waals surface area contributed by atoms with Gasteiger partial charge in [0, 0.05) is 17.8 Å². The summed E-state index contributed by atoms with van der Waals surface area (Å²) in [5, 5.41) is 2.28. The fraction of sp³-hybridized carbons (Fsp3) is 0.0769. The number of rotatable bonds is 2. The number of nitrogens with two attached hydrogens (primary N) is 1. The highest BCUT2D eigenvalue weighted by atomic mass is 19.1. The molecule has 1 amide bonds. The van der Waals surface area contributed by atoms with E-state index in [2.05, 4.69) is 10.3 Å². The van der Waals surface area contributed by atoms with E-state index in [-0.39, 0.29) is 22.6 Å². The molecule has 19 heavy (non-hydrogen) atoms. The summed E-state index contributed by atoms with van der Waals surface area (Å²) in [4.78, 5) is 15.6. The molecule has 0 fully saturated rings. The van der Waals surface area contributed by atoms with E-state index in [1.807, 2.05) is 0 Å². The third-order valence-corrected chi connectivity index (χ3v) is 2.54. The summed E-state index contributed by atoms with van der Waals surface area (Å²) in [6.07, 6.45) is 1.36. The van der Waals surface area contributed by atoms with E-state index in [9.17, 15) is 13.6 Å². The number of hydrogen-bond acceptors (Lipinski definition) is 3. The van der Waals surface area contributed by atoms with Crippen molar-refractivity contribution in [3.8, 4) is 0 Å². The predicted octanol–water partition coefficient (Wildman–Crippen LogP) is 2.50. The fourth-order valence-electron chi connectivity index (χ4n) is 1.53. The van der Waals surface area contributed by atoms with Gasteiger partial charge in [-0.05, 0) is 30.7 Å². The van der Waals surface area contributed by atoms with Crippen molar-refractivity contribution in [2.45, 2.75) is 6.92 Å². The van der Waals surface area contributed by atoms with Crippen LogP contribution in [0.2, 0.25) is 0 Å². The first kappa shape index (κ1) is 12.9. The van der Waals surface area contributed by atoms with Gasteiger partial charge in [-0.1, -0.05) is 0 Å². The number of hydrogen-bond donors (Lipinski definition) is 2. The summed E-state index contributed by atoms with van der Waals surface area (Å²) < 4.78 is 26.9. The van der Waals surface area contributed by atoms with Crippen LogP contribution in [0.4, 0.5) is 20.3 Å². The number of aromatic nitrogens is 1. The summed E-state index contributed by atoms with van der Waals surface area (Å²) in [6.45, 7) is 1.44. The molecule has 3 N–H and O–H groups in total. The van der Waals surface area contributed by atoms with Crippen molar-refractivity contribution < 1.29 is 13.6 Å². The largest absolute Gasteiger partial charge is 0.384 e. The number of nitrogens with one attached hydrogen (secondary N) is 1. The SMILES string of the molecule is Cc1cc(F)c(NC(=O)c2ccnc(N)c2)cc1F. The highest BCUT2D eigenvalue weighted by molar-refractivity contribution is 6.04. The number of nitrogen functional groups attached to an aromatic ring is 1. The van der Waals surface area contributed by atoms with Crippen LogP contribution in [0.1, 0.15) is 15.9 Å². The molecule has 0 spiro atoms. The van der Waals surface area contributed by atoms with Gasteiger partial charge in [0.05, 0.1) is 5.69 Å². The van der Waals surface area contributed by atoms with Crippen LogP contribution in [0.5, 0.6) is 0 Å². The number of nitrogens with zero attached hydrogens (tertiary/aromatic N) is 1. The Bertz CT molecular complexity index is 644. The molecule has 0 aliphatic carbocycles. The molecule has 0 radical (unpaired) electrons. The summed E-state index contributed by atoms with van der Waals surface area (Å²) in [7, 11) is 0. The van der Waals surface area contributed by atoms with Crippen molar-refractivity contribution in [3.63, 3.8) is 0 Å². The van der Waals surface area contributed by atoms with E-state index >= 15 is 0 Å². The second-order valence-electron chi connectivity index (χ2n) is 4.00. The normalized spacial score (nSPS) is 10.3. The van der Waals surface area contributed by atoms with Gasteiger partial charge in [0.25, 0.3) is 5.91 Å². The van der Waals surface area contributed by atoms with Crippen LogP contribution in [0.25, 0.3) is 0 Å². The maximum absolute atomic E-state index is 13.6. The van der Waals surface area contributed by atoms with Gasteiger partial charge in [0.2, 0.25) is 0 Å². The topological polar surface area (TPSA) is 68.0 Å². The Morgan fingerprint density at radius 2 is 2.00 bits per heavy atom. The van der Waals surface area contributed by atoms with Crippen molar-refractivity contribution in [1.82, 2.24) is 4.98 Å². The maximum atomic E-state index is 13.6. The second kappa shape index (κ2) is 5.01. The molecule has 4 nitrogen and oxygen atoms in total. The Kier molecular flexibility index (Phi) is 3.41. The van der Waals surface area contributed by atoms with Gasteiger partial charge >= 0.3 is 0 Å². The molecule has 1 aromatic carbocycles. The minimum atomic E-state index is -0.700. The number of anilines is 2. The lowest BCUT2D eigenvalue weighted by molar-refractivity contribution is 0.102. The number of aryl methyl sites for hydroxylation is 1. The Hall–Kier alpha value is -2.50. The zero-order valence-electron chi connectivity index (χ0n) is 10.1. The summed E-state index contributed by atoms with van der Waals surface area (Å²) >= 11 is 0. The van der Waals surface area contributed by atoms with E-state index in [4.69, 9.17) is 5.73 Å². The Morgan fingerprint density at radius 1 is 1.26 bits per heavy atom. The van der Waals surface area contributed by atoms with Crippen LogP contribution in [0.3, 0.4) is 0 Å². The van der Waals surface area contributed by atoms with Crippen molar-refractivity contribution in [1.29, 1.82) is 0 Å². The molecule has 2 rings (SSSR count). The highest BCUT2D eigenvalue weighted by Crippen LogP contribution is 2.19. The van der Waals surface area contributed by atoms with Gasteiger partial charge in [-0.2, -0.15) is 0 Å². The second-order valence-corrected chi connectivity index (χ2v) is 4.00. The molecule has 0 aliphatic rings. The van der Waals surface area contributed by atoms with Crippen molar-refractivity contribution >= 4 is 17.4 Å². The maximum Gasteiger partial charge on any atom is 0.255 e. The lowest BCUT2D eigenvalue weighted by Gasteiger charge is -2.08. The van der Waals surface area contributed by atoms with Crippen molar-refractivity contribution in [2.24, 2.45) is 0 Å². The number of halogens is 2. The Morgan fingerprint density at radius 3 is 2.68 bits per heavy atom. The van der Waals surface area contributed by atoms with Gasteiger partial charge in [0.15, 0.2) is 0 Å². The molecule has 0 saturated heterocycles. The number of benzene rings is 1. The first-order chi connectivity index (χ1) is 8.97. The number of amides is 1. The van der Waals surface area contributed by atoms with Crippen LogP contribution in [0.15, 0.2) is 30.5 Å². The minimum absolute atomic E-state index is 0.170. The standard InChI is InChI=1S/C13H11F2N3O/c1-7-4-10(15)11(6-9(7)14)18-13(19)8-2-3-17-12(16)5-8/h2-6H,1H3,(H2,16,17)(H,18,19). The molecule has 2 aromatic rings. The smallest absolute Gasteiger partial charge is 0.255 e.